The fourth-order valence-electron chi connectivity index (χ4n) is 2.62. The van der Waals surface area contributed by atoms with Gasteiger partial charge in [-0.15, -0.1) is 0 Å². The molecule has 0 radical (unpaired) electrons. The summed E-state index contributed by atoms with van der Waals surface area (Å²) < 4.78 is 12.1. The van der Waals surface area contributed by atoms with Gasteiger partial charge in [0.15, 0.2) is 8.32 Å². The van der Waals surface area contributed by atoms with Crippen LogP contribution in [-0.2, 0) is 9.16 Å². The van der Waals surface area contributed by atoms with Crippen molar-refractivity contribution < 1.29 is 14.0 Å². The summed E-state index contributed by atoms with van der Waals surface area (Å²) >= 11 is 0. The summed E-state index contributed by atoms with van der Waals surface area (Å²) in [6.45, 7) is 17.3. The summed E-state index contributed by atoms with van der Waals surface area (Å²) in [6, 6.07) is 2.12. The molecule has 1 amide bonds. The van der Waals surface area contributed by atoms with Crippen LogP contribution in [0.2, 0.25) is 18.1 Å². The molecule has 1 fully saturated rings. The van der Waals surface area contributed by atoms with Crippen LogP contribution in [0, 0.1) is 11.3 Å². The third-order valence-electron chi connectivity index (χ3n) is 4.92. The van der Waals surface area contributed by atoms with E-state index in [0.29, 0.717) is 19.4 Å². The van der Waals surface area contributed by atoms with Gasteiger partial charge in [0, 0.05) is 13.0 Å². The van der Waals surface area contributed by atoms with E-state index in [9.17, 15) is 4.79 Å². The summed E-state index contributed by atoms with van der Waals surface area (Å²) in [6.07, 6.45) is 1.55. The summed E-state index contributed by atoms with van der Waals surface area (Å²) in [5.74, 6) is 0. The van der Waals surface area contributed by atoms with Crippen LogP contribution in [0.4, 0.5) is 4.79 Å². The van der Waals surface area contributed by atoms with E-state index in [1.165, 1.54) is 0 Å². The molecule has 1 rings (SSSR count). The predicted molar refractivity (Wildman–Crippen MR) is 98.3 cm³/mol. The number of hydrogen-bond donors (Lipinski definition) is 0. The van der Waals surface area contributed by atoms with E-state index in [1.807, 2.05) is 20.8 Å². The molecule has 0 aromatic heterocycles. The summed E-state index contributed by atoms with van der Waals surface area (Å²) in [4.78, 5) is 14.3. The minimum Gasteiger partial charge on any atom is -0.444 e. The zero-order chi connectivity index (χ0) is 18.8. The molecule has 6 heteroatoms. The first-order valence-electron chi connectivity index (χ1n) is 8.83. The molecular formula is C18H34N2O3Si. The molecule has 0 N–H and O–H groups in total. The molecule has 24 heavy (non-hydrogen) atoms. The van der Waals surface area contributed by atoms with Crippen molar-refractivity contribution in [1.29, 1.82) is 5.26 Å². The average Bonchev–Trinajstić information content (AvgIpc) is 2.75. The Morgan fingerprint density at radius 3 is 2.29 bits per heavy atom. The zero-order valence-electron chi connectivity index (χ0n) is 16.6. The lowest BCUT2D eigenvalue weighted by Crippen LogP contribution is -2.49. The highest BCUT2D eigenvalue weighted by Gasteiger charge is 2.45. The Labute approximate surface area is 148 Å². The molecule has 0 unspecified atom stereocenters. The highest BCUT2D eigenvalue weighted by atomic mass is 28.4. The van der Waals surface area contributed by atoms with Gasteiger partial charge in [0.25, 0.3) is 0 Å². The van der Waals surface area contributed by atoms with Crippen molar-refractivity contribution >= 4 is 14.4 Å². The molecule has 1 aliphatic heterocycles. The topological polar surface area (TPSA) is 62.6 Å². The molecule has 0 saturated carbocycles. The largest absolute Gasteiger partial charge is 0.444 e. The SMILES string of the molecule is CC(C)(C)OC(=O)N1CC[C@H](O[Si](C)(C)C(C)(C)C)[C@@H]1CCC#N. The van der Waals surface area contributed by atoms with Crippen molar-refractivity contribution in [3.05, 3.63) is 0 Å². The van der Waals surface area contributed by atoms with Gasteiger partial charge in [-0.2, -0.15) is 5.26 Å². The second-order valence-corrected chi connectivity index (χ2v) is 13.9. The van der Waals surface area contributed by atoms with Crippen molar-refractivity contribution in [1.82, 2.24) is 4.90 Å². The maximum atomic E-state index is 12.5. The summed E-state index contributed by atoms with van der Waals surface area (Å²) in [7, 11) is -1.92. The Morgan fingerprint density at radius 1 is 1.25 bits per heavy atom. The number of ether oxygens (including phenoxy) is 1. The standard InChI is InChI=1S/C18H34N2O3Si/c1-17(2,3)22-16(21)20-13-11-15(14(20)10-9-12-19)23-24(7,8)18(4,5)6/h14-15H,9-11,13H2,1-8H3/t14-,15-/m0/s1. The second-order valence-electron chi connectivity index (χ2n) is 9.14. The monoisotopic (exact) mass is 354 g/mol. The third-order valence-corrected chi connectivity index (χ3v) is 9.42. The number of likely N-dealkylation sites (tertiary alicyclic amines) is 1. The van der Waals surface area contributed by atoms with Gasteiger partial charge in [-0.05, 0) is 51.7 Å². The van der Waals surface area contributed by atoms with Crippen LogP contribution in [0.5, 0.6) is 0 Å². The minimum atomic E-state index is -1.92. The van der Waals surface area contributed by atoms with E-state index >= 15 is 0 Å². The van der Waals surface area contributed by atoms with Gasteiger partial charge in [0.05, 0.1) is 18.2 Å². The molecule has 0 aromatic rings. The Morgan fingerprint density at radius 2 is 1.83 bits per heavy atom. The Bertz CT molecular complexity index is 486. The molecule has 1 aliphatic rings. The van der Waals surface area contributed by atoms with Gasteiger partial charge in [-0.25, -0.2) is 4.79 Å². The van der Waals surface area contributed by atoms with Gasteiger partial charge in [0.1, 0.15) is 5.60 Å². The van der Waals surface area contributed by atoms with Crippen LogP contribution in [0.25, 0.3) is 0 Å². The molecule has 138 valence electrons. The van der Waals surface area contributed by atoms with Gasteiger partial charge in [0.2, 0.25) is 0 Å². The molecule has 5 nitrogen and oxygen atoms in total. The van der Waals surface area contributed by atoms with Crippen LogP contribution in [0.3, 0.4) is 0 Å². The predicted octanol–water partition coefficient (Wildman–Crippen LogP) is 4.69. The van der Waals surface area contributed by atoms with Crippen molar-refractivity contribution in [3.63, 3.8) is 0 Å². The normalized spacial score (nSPS) is 22.4. The maximum Gasteiger partial charge on any atom is 0.410 e. The van der Waals surface area contributed by atoms with Gasteiger partial charge >= 0.3 is 6.09 Å². The molecular weight excluding hydrogens is 320 g/mol. The number of rotatable bonds is 4. The Balaban J connectivity index is 2.91. The molecule has 0 spiro atoms. The van der Waals surface area contributed by atoms with Crippen molar-refractivity contribution in [2.24, 2.45) is 0 Å². The van der Waals surface area contributed by atoms with Gasteiger partial charge in [-0.1, -0.05) is 20.8 Å². The number of carbonyl (C=O) groups is 1. The second kappa shape index (κ2) is 7.45. The van der Waals surface area contributed by atoms with Gasteiger partial charge < -0.3 is 14.1 Å². The Kier molecular flexibility index (Phi) is 6.51. The minimum absolute atomic E-state index is 0.00763. The van der Waals surface area contributed by atoms with Crippen LogP contribution in [0.15, 0.2) is 0 Å². The van der Waals surface area contributed by atoms with E-state index < -0.39 is 13.9 Å². The van der Waals surface area contributed by atoms with Crippen LogP contribution in [-0.4, -0.2) is 43.6 Å². The van der Waals surface area contributed by atoms with Crippen LogP contribution >= 0.6 is 0 Å². The van der Waals surface area contributed by atoms with Crippen molar-refractivity contribution in [2.75, 3.05) is 6.54 Å². The molecule has 1 saturated heterocycles. The number of carbonyl (C=O) groups excluding carboxylic acids is 1. The smallest absolute Gasteiger partial charge is 0.410 e. The fraction of sp³-hybridized carbons (Fsp3) is 0.889. The Hall–Kier alpha value is -1.06. The van der Waals surface area contributed by atoms with E-state index in [0.717, 1.165) is 6.42 Å². The van der Waals surface area contributed by atoms with Crippen molar-refractivity contribution in [3.8, 4) is 6.07 Å². The van der Waals surface area contributed by atoms with Crippen LogP contribution < -0.4 is 0 Å². The van der Waals surface area contributed by atoms with E-state index in [4.69, 9.17) is 14.4 Å². The lowest BCUT2D eigenvalue weighted by Gasteiger charge is -2.40. The first kappa shape index (κ1) is 21.0. The van der Waals surface area contributed by atoms with Gasteiger partial charge in [-0.3, -0.25) is 0 Å². The molecule has 1 heterocycles. The lowest BCUT2D eigenvalue weighted by atomic mass is 10.1. The first-order chi connectivity index (χ1) is 10.8. The maximum absolute atomic E-state index is 12.5. The summed E-state index contributed by atoms with van der Waals surface area (Å²) in [5, 5.41) is 9.09. The zero-order valence-corrected chi connectivity index (χ0v) is 17.6. The first-order valence-corrected chi connectivity index (χ1v) is 11.7. The number of hydrogen-bond acceptors (Lipinski definition) is 4. The fourth-order valence-corrected chi connectivity index (χ4v) is 4.00. The molecule has 0 aliphatic carbocycles. The number of amides is 1. The third kappa shape index (κ3) is 5.49. The highest BCUT2D eigenvalue weighted by molar-refractivity contribution is 6.74. The van der Waals surface area contributed by atoms with E-state index in [1.54, 1.807) is 4.90 Å². The number of nitriles is 1. The quantitative estimate of drug-likeness (QED) is 0.687. The molecule has 0 aromatic carbocycles. The van der Waals surface area contributed by atoms with Crippen molar-refractivity contribution in [2.45, 2.75) is 96.7 Å². The molecule has 2 atom stereocenters. The van der Waals surface area contributed by atoms with Crippen LogP contribution in [0.1, 0.15) is 60.8 Å². The molecule has 0 bridgehead atoms. The highest BCUT2D eigenvalue weighted by Crippen LogP contribution is 2.40. The van der Waals surface area contributed by atoms with E-state index in [-0.39, 0.29) is 23.3 Å². The lowest BCUT2D eigenvalue weighted by molar-refractivity contribution is 0.0155. The van der Waals surface area contributed by atoms with E-state index in [2.05, 4.69) is 39.9 Å². The number of nitrogens with zero attached hydrogens (tertiary/aromatic N) is 2. The average molecular weight is 355 g/mol. The summed E-state index contributed by atoms with van der Waals surface area (Å²) in [5.41, 5.74) is -0.519.